The molecule has 2 N–H and O–H groups in total. The summed E-state index contributed by atoms with van der Waals surface area (Å²) in [5.41, 5.74) is 3.25. The van der Waals surface area contributed by atoms with Crippen molar-refractivity contribution in [3.8, 4) is 17.0 Å². The van der Waals surface area contributed by atoms with Gasteiger partial charge in [-0.15, -0.1) is 0 Å². The number of carbonyl (C=O) groups is 2. The molecule has 1 fully saturated rings. The highest BCUT2D eigenvalue weighted by Gasteiger charge is 2.47. The SMILES string of the molecule is Cc1cc(O)ccc1C(=O)C1=C(O)C(=O)N(c2ccc(-c3ccon3)cc2)C1C1CCCCC1. The number of phenolic OH excluding ortho intramolecular Hbond substituents is 1. The predicted octanol–water partition coefficient (Wildman–Crippen LogP) is 5.35. The summed E-state index contributed by atoms with van der Waals surface area (Å²) in [6.07, 6.45) is 6.43. The van der Waals surface area contributed by atoms with Crippen molar-refractivity contribution in [2.24, 2.45) is 5.92 Å². The summed E-state index contributed by atoms with van der Waals surface area (Å²) in [7, 11) is 0. The number of nitrogens with zero attached hydrogens (tertiary/aromatic N) is 2. The van der Waals surface area contributed by atoms with Crippen LogP contribution in [0, 0.1) is 12.8 Å². The molecule has 1 amide bonds. The number of amides is 1. The van der Waals surface area contributed by atoms with E-state index in [-0.39, 0.29) is 23.0 Å². The van der Waals surface area contributed by atoms with Crippen LogP contribution in [0.4, 0.5) is 5.69 Å². The first-order valence-electron chi connectivity index (χ1n) is 11.6. The molecular weight excluding hydrogens is 432 g/mol. The molecule has 3 aromatic rings. The Labute approximate surface area is 197 Å². The van der Waals surface area contributed by atoms with Crippen LogP contribution in [-0.4, -0.2) is 33.1 Å². The number of hydrogen-bond donors (Lipinski definition) is 2. The average molecular weight is 459 g/mol. The van der Waals surface area contributed by atoms with E-state index in [4.69, 9.17) is 4.52 Å². The lowest BCUT2D eigenvalue weighted by Gasteiger charge is -2.35. The zero-order valence-corrected chi connectivity index (χ0v) is 18.9. The van der Waals surface area contributed by atoms with Gasteiger partial charge in [-0.1, -0.05) is 36.6 Å². The molecule has 1 aromatic heterocycles. The summed E-state index contributed by atoms with van der Waals surface area (Å²) in [5.74, 6) is -1.31. The lowest BCUT2D eigenvalue weighted by atomic mass is 9.79. The van der Waals surface area contributed by atoms with Gasteiger partial charge in [-0.2, -0.15) is 0 Å². The van der Waals surface area contributed by atoms with E-state index in [1.807, 2.05) is 24.3 Å². The Balaban J connectivity index is 1.56. The second-order valence-corrected chi connectivity index (χ2v) is 9.04. The number of phenols is 1. The average Bonchev–Trinajstić information content (AvgIpc) is 3.47. The summed E-state index contributed by atoms with van der Waals surface area (Å²) in [5, 5.41) is 24.7. The molecule has 0 bridgehead atoms. The highest BCUT2D eigenvalue weighted by Crippen LogP contribution is 2.41. The fraction of sp³-hybridized carbons (Fsp3) is 0.296. The fourth-order valence-corrected chi connectivity index (χ4v) is 5.24. The van der Waals surface area contributed by atoms with E-state index >= 15 is 0 Å². The summed E-state index contributed by atoms with van der Waals surface area (Å²) in [6, 6.07) is 13.0. The molecule has 5 rings (SSSR count). The topological polar surface area (TPSA) is 104 Å². The molecule has 7 nitrogen and oxygen atoms in total. The Morgan fingerprint density at radius 2 is 1.76 bits per heavy atom. The third kappa shape index (κ3) is 3.77. The van der Waals surface area contributed by atoms with Gasteiger partial charge in [0.2, 0.25) is 0 Å². The first-order valence-corrected chi connectivity index (χ1v) is 11.6. The van der Waals surface area contributed by atoms with Gasteiger partial charge in [0.25, 0.3) is 5.91 Å². The summed E-state index contributed by atoms with van der Waals surface area (Å²) >= 11 is 0. The molecule has 2 aromatic carbocycles. The lowest BCUT2D eigenvalue weighted by molar-refractivity contribution is -0.117. The number of aliphatic hydroxyl groups is 1. The second-order valence-electron chi connectivity index (χ2n) is 9.04. The smallest absolute Gasteiger partial charge is 0.294 e. The standard InChI is InChI=1S/C27H26N2O5/c1-16-15-20(30)11-12-21(16)25(31)23-24(18-5-3-2-4-6-18)29(27(33)26(23)32)19-9-7-17(8-10-19)22-13-14-34-28-22/h7-15,18,24,30,32H,2-6H2,1H3. The van der Waals surface area contributed by atoms with E-state index in [0.29, 0.717) is 22.5 Å². The lowest BCUT2D eigenvalue weighted by Crippen LogP contribution is -2.42. The van der Waals surface area contributed by atoms with Crippen LogP contribution in [0.3, 0.4) is 0 Å². The summed E-state index contributed by atoms with van der Waals surface area (Å²) in [6.45, 7) is 1.73. The number of aromatic hydroxyl groups is 1. The zero-order valence-electron chi connectivity index (χ0n) is 18.9. The number of anilines is 1. The minimum Gasteiger partial charge on any atom is -0.508 e. The molecule has 2 aliphatic rings. The molecule has 0 radical (unpaired) electrons. The number of Topliss-reactive ketones (excluding diaryl/α,β-unsaturated/α-hetero) is 1. The second kappa shape index (κ2) is 8.82. The molecule has 0 spiro atoms. The number of aryl methyl sites for hydroxylation is 1. The largest absolute Gasteiger partial charge is 0.508 e. The van der Waals surface area contributed by atoms with Crippen molar-refractivity contribution < 1.29 is 24.3 Å². The molecule has 1 atom stereocenters. The maximum atomic E-state index is 13.7. The van der Waals surface area contributed by atoms with Crippen molar-refractivity contribution in [2.45, 2.75) is 45.1 Å². The molecular formula is C27H26N2O5. The first kappa shape index (κ1) is 21.9. The third-order valence-electron chi connectivity index (χ3n) is 6.93. The summed E-state index contributed by atoms with van der Waals surface area (Å²) in [4.78, 5) is 28.6. The van der Waals surface area contributed by atoms with Gasteiger partial charge in [0.1, 0.15) is 17.7 Å². The highest BCUT2D eigenvalue weighted by atomic mass is 16.5. The van der Waals surface area contributed by atoms with Crippen LogP contribution in [0.15, 0.2) is 70.6 Å². The van der Waals surface area contributed by atoms with Gasteiger partial charge < -0.3 is 14.7 Å². The Morgan fingerprint density at radius 3 is 2.41 bits per heavy atom. The normalized spacial score (nSPS) is 19.1. The number of carbonyl (C=O) groups excluding carboxylic acids is 2. The van der Waals surface area contributed by atoms with Crippen LogP contribution in [0.2, 0.25) is 0 Å². The van der Waals surface area contributed by atoms with Crippen LogP contribution in [0.1, 0.15) is 48.0 Å². The van der Waals surface area contributed by atoms with E-state index in [1.54, 1.807) is 24.0 Å². The molecule has 0 saturated heterocycles. The molecule has 7 heteroatoms. The van der Waals surface area contributed by atoms with Crippen molar-refractivity contribution in [3.63, 3.8) is 0 Å². The molecule has 2 heterocycles. The van der Waals surface area contributed by atoms with E-state index < -0.39 is 17.7 Å². The molecule has 1 unspecified atom stereocenters. The van der Waals surface area contributed by atoms with Gasteiger partial charge >= 0.3 is 0 Å². The van der Waals surface area contributed by atoms with Crippen LogP contribution < -0.4 is 4.90 Å². The van der Waals surface area contributed by atoms with Crippen LogP contribution >= 0.6 is 0 Å². The van der Waals surface area contributed by atoms with Crippen molar-refractivity contribution in [2.75, 3.05) is 4.90 Å². The number of rotatable bonds is 5. The van der Waals surface area contributed by atoms with E-state index in [1.165, 1.54) is 18.4 Å². The molecule has 1 aliphatic carbocycles. The van der Waals surface area contributed by atoms with Crippen molar-refractivity contribution >= 4 is 17.4 Å². The van der Waals surface area contributed by atoms with Gasteiger partial charge in [0.15, 0.2) is 11.5 Å². The van der Waals surface area contributed by atoms with E-state index in [0.717, 1.165) is 37.7 Å². The Morgan fingerprint density at radius 1 is 1.03 bits per heavy atom. The maximum absolute atomic E-state index is 13.7. The van der Waals surface area contributed by atoms with E-state index in [9.17, 15) is 19.8 Å². The van der Waals surface area contributed by atoms with Gasteiger partial charge in [0, 0.05) is 22.9 Å². The Kier molecular flexibility index (Phi) is 5.69. The third-order valence-corrected chi connectivity index (χ3v) is 6.93. The van der Waals surface area contributed by atoms with Crippen LogP contribution in [-0.2, 0) is 4.79 Å². The van der Waals surface area contributed by atoms with Gasteiger partial charge in [0.05, 0.1) is 11.6 Å². The molecule has 1 aliphatic heterocycles. The molecule has 34 heavy (non-hydrogen) atoms. The number of benzene rings is 2. The number of hydrogen-bond acceptors (Lipinski definition) is 6. The zero-order chi connectivity index (χ0) is 23.8. The van der Waals surface area contributed by atoms with E-state index in [2.05, 4.69) is 5.16 Å². The Bertz CT molecular complexity index is 1250. The number of aromatic nitrogens is 1. The Hall–Kier alpha value is -3.87. The minimum absolute atomic E-state index is 0.0624. The fourth-order valence-electron chi connectivity index (χ4n) is 5.24. The minimum atomic E-state index is -0.565. The van der Waals surface area contributed by atoms with Gasteiger partial charge in [-0.3, -0.25) is 14.5 Å². The van der Waals surface area contributed by atoms with Crippen molar-refractivity contribution in [1.29, 1.82) is 0 Å². The van der Waals surface area contributed by atoms with Gasteiger partial charge in [-0.05, 0) is 61.6 Å². The number of aliphatic hydroxyl groups excluding tert-OH is 1. The molecule has 174 valence electrons. The first-order chi connectivity index (χ1) is 16.5. The van der Waals surface area contributed by atoms with Gasteiger partial charge in [-0.25, -0.2) is 0 Å². The van der Waals surface area contributed by atoms with Crippen molar-refractivity contribution in [3.05, 3.63) is 77.3 Å². The van der Waals surface area contributed by atoms with Crippen LogP contribution in [0.5, 0.6) is 5.75 Å². The van der Waals surface area contributed by atoms with Crippen LogP contribution in [0.25, 0.3) is 11.3 Å². The quantitative estimate of drug-likeness (QED) is 0.500. The molecule has 1 saturated carbocycles. The van der Waals surface area contributed by atoms with Crippen molar-refractivity contribution in [1.82, 2.24) is 5.16 Å². The summed E-state index contributed by atoms with van der Waals surface area (Å²) < 4.78 is 4.92. The monoisotopic (exact) mass is 458 g/mol. The predicted molar refractivity (Wildman–Crippen MR) is 127 cm³/mol. The highest BCUT2D eigenvalue weighted by molar-refractivity contribution is 6.21. The number of ketones is 1. The maximum Gasteiger partial charge on any atom is 0.294 e.